The van der Waals surface area contributed by atoms with Crippen LogP contribution in [0.3, 0.4) is 0 Å². The van der Waals surface area contributed by atoms with Gasteiger partial charge in [-0.3, -0.25) is 4.72 Å². The number of anilines is 2. The summed E-state index contributed by atoms with van der Waals surface area (Å²) < 4.78 is 79.1. The summed E-state index contributed by atoms with van der Waals surface area (Å²) in [6.45, 7) is 5.23. The second-order valence-electron chi connectivity index (χ2n) is 8.54. The van der Waals surface area contributed by atoms with E-state index in [1.165, 1.54) is 25.3 Å². The third kappa shape index (κ3) is 5.57. The van der Waals surface area contributed by atoms with Gasteiger partial charge < -0.3 is 14.4 Å². The molecule has 0 saturated carbocycles. The zero-order chi connectivity index (χ0) is 25.3. The summed E-state index contributed by atoms with van der Waals surface area (Å²) in [6.07, 6.45) is -3.70. The standard InChI is InChI=1S/C23H27F3N2O5S/c1-14-9-15(2)13-28(12-14)19-7-6-17(23(24,25)26)11-18(19)27-34(30,31)21-10-16(22(29)33-4)5-8-20(21)32-3/h5-8,10-11,14-15,27H,9,12-13H2,1-4H3. The van der Waals surface area contributed by atoms with Gasteiger partial charge in [-0.15, -0.1) is 0 Å². The van der Waals surface area contributed by atoms with Crippen LogP contribution < -0.4 is 14.4 Å². The first-order valence-electron chi connectivity index (χ1n) is 10.6. The molecule has 0 radical (unpaired) electrons. The maximum atomic E-state index is 13.5. The zero-order valence-corrected chi connectivity index (χ0v) is 20.1. The number of halogens is 3. The molecule has 2 atom stereocenters. The molecule has 1 fully saturated rings. The van der Waals surface area contributed by atoms with Crippen LogP contribution in [0.15, 0.2) is 41.3 Å². The van der Waals surface area contributed by atoms with Crippen LogP contribution in [-0.4, -0.2) is 41.7 Å². The van der Waals surface area contributed by atoms with Gasteiger partial charge in [0.15, 0.2) is 0 Å². The minimum atomic E-state index is -4.66. The molecule has 1 N–H and O–H groups in total. The Morgan fingerprint density at radius 1 is 1.06 bits per heavy atom. The third-order valence-corrected chi connectivity index (χ3v) is 7.04. The maximum Gasteiger partial charge on any atom is 0.416 e. The van der Waals surface area contributed by atoms with Crippen molar-refractivity contribution in [2.45, 2.75) is 31.3 Å². The number of hydrogen-bond acceptors (Lipinski definition) is 6. The molecule has 2 aromatic rings. The Labute approximate surface area is 196 Å². The fourth-order valence-corrected chi connectivity index (χ4v) is 5.52. The Kier molecular flexibility index (Phi) is 7.35. The van der Waals surface area contributed by atoms with Crippen LogP contribution in [0.2, 0.25) is 0 Å². The van der Waals surface area contributed by atoms with E-state index in [0.717, 1.165) is 31.7 Å². The Morgan fingerprint density at radius 2 is 1.71 bits per heavy atom. The molecule has 7 nitrogen and oxygen atoms in total. The lowest BCUT2D eigenvalue weighted by Crippen LogP contribution is -2.39. The van der Waals surface area contributed by atoms with E-state index < -0.39 is 32.6 Å². The summed E-state index contributed by atoms with van der Waals surface area (Å²) in [4.78, 5) is 13.4. The molecule has 2 unspecified atom stereocenters. The number of sulfonamides is 1. The number of rotatable bonds is 6. The molecule has 3 rings (SSSR count). The van der Waals surface area contributed by atoms with Crippen LogP contribution in [-0.2, 0) is 20.9 Å². The molecule has 0 aliphatic carbocycles. The van der Waals surface area contributed by atoms with Gasteiger partial charge in [-0.1, -0.05) is 13.8 Å². The molecule has 0 bridgehead atoms. The largest absolute Gasteiger partial charge is 0.495 e. The number of alkyl halides is 3. The molecule has 0 aromatic heterocycles. The summed E-state index contributed by atoms with van der Waals surface area (Å²) >= 11 is 0. The van der Waals surface area contributed by atoms with Crippen molar-refractivity contribution < 1.29 is 35.9 Å². The summed E-state index contributed by atoms with van der Waals surface area (Å²) in [7, 11) is -2.05. The number of ether oxygens (including phenoxy) is 2. The van der Waals surface area contributed by atoms with Crippen molar-refractivity contribution in [1.29, 1.82) is 0 Å². The number of esters is 1. The zero-order valence-electron chi connectivity index (χ0n) is 19.3. The first kappa shape index (κ1) is 25.7. The normalized spacial score (nSPS) is 19.0. The molecule has 34 heavy (non-hydrogen) atoms. The molecule has 11 heteroatoms. The first-order valence-corrected chi connectivity index (χ1v) is 12.1. The molecule has 0 spiro atoms. The highest BCUT2D eigenvalue weighted by Crippen LogP contribution is 2.39. The minimum Gasteiger partial charge on any atom is -0.495 e. The van der Waals surface area contributed by atoms with Gasteiger partial charge in [0.25, 0.3) is 10.0 Å². The third-order valence-electron chi connectivity index (χ3n) is 5.65. The number of hydrogen-bond donors (Lipinski definition) is 1. The van der Waals surface area contributed by atoms with Gasteiger partial charge in [-0.2, -0.15) is 13.2 Å². The van der Waals surface area contributed by atoms with Gasteiger partial charge in [-0.05, 0) is 54.7 Å². The number of carbonyl (C=O) groups is 1. The predicted molar refractivity (Wildman–Crippen MR) is 122 cm³/mol. The van der Waals surface area contributed by atoms with E-state index in [9.17, 15) is 26.4 Å². The van der Waals surface area contributed by atoms with Crippen LogP contribution in [0.5, 0.6) is 5.75 Å². The molecule has 2 aromatic carbocycles. The Balaban J connectivity index is 2.10. The van der Waals surface area contributed by atoms with Crippen molar-refractivity contribution in [3.05, 3.63) is 47.5 Å². The second kappa shape index (κ2) is 9.73. The molecule has 1 saturated heterocycles. The van der Waals surface area contributed by atoms with Crippen LogP contribution in [0.1, 0.15) is 36.2 Å². The quantitative estimate of drug-likeness (QED) is 0.575. The van der Waals surface area contributed by atoms with Crippen LogP contribution in [0, 0.1) is 11.8 Å². The van der Waals surface area contributed by atoms with Gasteiger partial charge >= 0.3 is 12.1 Å². The molecule has 0 amide bonds. The van der Waals surface area contributed by atoms with Crippen molar-refractivity contribution in [3.8, 4) is 5.75 Å². The topological polar surface area (TPSA) is 84.9 Å². The highest BCUT2D eigenvalue weighted by Gasteiger charge is 2.33. The lowest BCUT2D eigenvalue weighted by atomic mass is 9.91. The van der Waals surface area contributed by atoms with E-state index in [0.29, 0.717) is 18.8 Å². The van der Waals surface area contributed by atoms with Crippen molar-refractivity contribution in [3.63, 3.8) is 0 Å². The van der Waals surface area contributed by atoms with E-state index in [2.05, 4.69) is 9.46 Å². The van der Waals surface area contributed by atoms with Crippen molar-refractivity contribution in [1.82, 2.24) is 0 Å². The second-order valence-corrected chi connectivity index (χ2v) is 10.2. The van der Waals surface area contributed by atoms with E-state index in [1.54, 1.807) is 0 Å². The number of carbonyl (C=O) groups excluding carboxylic acids is 1. The molecule has 1 aliphatic rings. The molecule has 186 valence electrons. The summed E-state index contributed by atoms with van der Waals surface area (Å²) in [5.74, 6) is -0.274. The van der Waals surface area contributed by atoms with Crippen LogP contribution in [0.25, 0.3) is 0 Å². The molecular weight excluding hydrogens is 473 g/mol. The number of methoxy groups -OCH3 is 2. The Hall–Kier alpha value is -2.95. The average molecular weight is 501 g/mol. The molecular formula is C23H27F3N2O5S. The van der Waals surface area contributed by atoms with Crippen molar-refractivity contribution >= 4 is 27.4 Å². The number of benzene rings is 2. The van der Waals surface area contributed by atoms with Crippen LogP contribution in [0.4, 0.5) is 24.5 Å². The van der Waals surface area contributed by atoms with E-state index in [-0.39, 0.29) is 28.8 Å². The van der Waals surface area contributed by atoms with Crippen molar-refractivity contribution in [2.24, 2.45) is 11.8 Å². The van der Waals surface area contributed by atoms with Crippen molar-refractivity contribution in [2.75, 3.05) is 36.9 Å². The first-order chi connectivity index (χ1) is 15.9. The van der Waals surface area contributed by atoms with E-state index in [4.69, 9.17) is 4.74 Å². The number of piperidine rings is 1. The number of nitrogens with one attached hydrogen (secondary N) is 1. The maximum absolute atomic E-state index is 13.5. The van der Waals surface area contributed by atoms with Gasteiger partial charge in [0.2, 0.25) is 0 Å². The van der Waals surface area contributed by atoms with E-state index >= 15 is 0 Å². The van der Waals surface area contributed by atoms with Gasteiger partial charge in [0.05, 0.1) is 36.7 Å². The summed E-state index contributed by atoms with van der Waals surface area (Å²) in [5.41, 5.74) is -0.895. The number of nitrogens with zero attached hydrogens (tertiary/aromatic N) is 1. The predicted octanol–water partition coefficient (Wildman–Crippen LogP) is 4.78. The fourth-order valence-electron chi connectivity index (χ4n) is 4.26. The monoisotopic (exact) mass is 500 g/mol. The van der Waals surface area contributed by atoms with E-state index in [1.807, 2.05) is 18.7 Å². The van der Waals surface area contributed by atoms with Gasteiger partial charge in [0, 0.05) is 13.1 Å². The lowest BCUT2D eigenvalue weighted by Gasteiger charge is -2.37. The van der Waals surface area contributed by atoms with Crippen LogP contribution >= 0.6 is 0 Å². The lowest BCUT2D eigenvalue weighted by molar-refractivity contribution is -0.137. The van der Waals surface area contributed by atoms with Gasteiger partial charge in [-0.25, -0.2) is 13.2 Å². The van der Waals surface area contributed by atoms with Gasteiger partial charge in [0.1, 0.15) is 10.6 Å². The molecule has 1 heterocycles. The summed E-state index contributed by atoms with van der Waals surface area (Å²) in [5, 5.41) is 0. The summed E-state index contributed by atoms with van der Waals surface area (Å²) in [6, 6.07) is 6.68. The fraction of sp³-hybridized carbons (Fsp3) is 0.435. The highest BCUT2D eigenvalue weighted by molar-refractivity contribution is 7.92. The smallest absolute Gasteiger partial charge is 0.416 e. The minimum absolute atomic E-state index is 0.0494. The highest BCUT2D eigenvalue weighted by atomic mass is 32.2. The molecule has 1 aliphatic heterocycles. The Bertz CT molecular complexity index is 1160. The average Bonchev–Trinajstić information content (AvgIpc) is 2.76. The Morgan fingerprint density at radius 3 is 2.26 bits per heavy atom. The SMILES string of the molecule is COC(=O)c1ccc(OC)c(S(=O)(=O)Nc2cc(C(F)(F)F)ccc2N2CC(C)CC(C)C2)c1.